The highest BCUT2D eigenvalue weighted by atomic mass is 32.2. The summed E-state index contributed by atoms with van der Waals surface area (Å²) in [6.07, 6.45) is 2.68. The summed E-state index contributed by atoms with van der Waals surface area (Å²) in [6.45, 7) is 1.31. The summed E-state index contributed by atoms with van der Waals surface area (Å²) in [5, 5.41) is 8.49. The molecule has 0 N–H and O–H groups in total. The molecule has 1 fully saturated rings. The SMILES string of the molecule is CN(C)CCCN(C(=O)c1cnn(-c2ccccc2)n1)C1CCS(=O)(=O)C1. The molecule has 8 nitrogen and oxygen atoms in total. The number of amides is 1. The summed E-state index contributed by atoms with van der Waals surface area (Å²) in [4.78, 5) is 18.2. The zero-order chi connectivity index (χ0) is 19.4. The zero-order valence-corrected chi connectivity index (χ0v) is 16.5. The molecule has 146 valence electrons. The first-order valence-corrected chi connectivity index (χ1v) is 10.8. The van der Waals surface area contributed by atoms with Crippen molar-refractivity contribution in [1.29, 1.82) is 0 Å². The van der Waals surface area contributed by atoms with E-state index < -0.39 is 9.84 Å². The van der Waals surface area contributed by atoms with Crippen LogP contribution in [0.5, 0.6) is 0 Å². The lowest BCUT2D eigenvalue weighted by molar-refractivity contribution is 0.0683. The van der Waals surface area contributed by atoms with Crippen LogP contribution in [0.1, 0.15) is 23.3 Å². The Morgan fingerprint density at radius 2 is 1.96 bits per heavy atom. The number of para-hydroxylation sites is 1. The van der Waals surface area contributed by atoms with Gasteiger partial charge in [-0.2, -0.15) is 9.90 Å². The van der Waals surface area contributed by atoms with Crippen LogP contribution in [0.3, 0.4) is 0 Å². The molecule has 1 amide bonds. The molecular weight excluding hydrogens is 366 g/mol. The van der Waals surface area contributed by atoms with Crippen LogP contribution >= 0.6 is 0 Å². The molecule has 2 aromatic rings. The van der Waals surface area contributed by atoms with Crippen molar-refractivity contribution in [2.24, 2.45) is 0 Å². The number of carbonyl (C=O) groups is 1. The molecule has 1 atom stereocenters. The normalized spacial score (nSPS) is 18.7. The van der Waals surface area contributed by atoms with E-state index in [2.05, 4.69) is 10.2 Å². The third-order valence-electron chi connectivity index (χ3n) is 4.61. The average Bonchev–Trinajstić information content (AvgIpc) is 3.25. The summed E-state index contributed by atoms with van der Waals surface area (Å²) in [5.74, 6) is -0.114. The zero-order valence-electron chi connectivity index (χ0n) is 15.7. The number of aromatic nitrogens is 3. The lowest BCUT2D eigenvalue weighted by Crippen LogP contribution is -2.42. The van der Waals surface area contributed by atoms with Crippen molar-refractivity contribution in [3.8, 4) is 5.69 Å². The quantitative estimate of drug-likeness (QED) is 0.695. The Kier molecular flexibility index (Phi) is 5.91. The Hall–Kier alpha value is -2.26. The van der Waals surface area contributed by atoms with E-state index in [0.717, 1.165) is 18.7 Å². The number of hydrogen-bond acceptors (Lipinski definition) is 6. The third kappa shape index (κ3) is 4.92. The minimum Gasteiger partial charge on any atom is -0.333 e. The molecular formula is C18H25N5O3S. The number of hydrogen-bond donors (Lipinski definition) is 0. The van der Waals surface area contributed by atoms with Crippen LogP contribution < -0.4 is 0 Å². The van der Waals surface area contributed by atoms with Crippen LogP contribution in [0.4, 0.5) is 0 Å². The molecule has 0 radical (unpaired) electrons. The van der Waals surface area contributed by atoms with E-state index in [1.165, 1.54) is 11.0 Å². The lowest BCUT2D eigenvalue weighted by atomic mass is 10.2. The van der Waals surface area contributed by atoms with Gasteiger partial charge in [-0.1, -0.05) is 18.2 Å². The van der Waals surface area contributed by atoms with Crippen molar-refractivity contribution in [2.45, 2.75) is 18.9 Å². The van der Waals surface area contributed by atoms with Gasteiger partial charge in [0.15, 0.2) is 15.5 Å². The van der Waals surface area contributed by atoms with Crippen LogP contribution in [-0.2, 0) is 9.84 Å². The topological polar surface area (TPSA) is 88.4 Å². The van der Waals surface area contributed by atoms with Gasteiger partial charge in [0.05, 0.1) is 23.4 Å². The van der Waals surface area contributed by atoms with Crippen molar-refractivity contribution in [3.05, 3.63) is 42.2 Å². The Morgan fingerprint density at radius 3 is 2.59 bits per heavy atom. The van der Waals surface area contributed by atoms with Gasteiger partial charge in [0.25, 0.3) is 5.91 Å². The van der Waals surface area contributed by atoms with Crippen LogP contribution in [0.2, 0.25) is 0 Å². The van der Waals surface area contributed by atoms with Gasteiger partial charge in [-0.25, -0.2) is 8.42 Å². The second kappa shape index (κ2) is 8.18. The van der Waals surface area contributed by atoms with E-state index >= 15 is 0 Å². The van der Waals surface area contributed by atoms with Crippen LogP contribution in [0, 0.1) is 0 Å². The maximum Gasteiger partial charge on any atom is 0.276 e. The van der Waals surface area contributed by atoms with E-state index in [9.17, 15) is 13.2 Å². The van der Waals surface area contributed by atoms with E-state index in [0.29, 0.717) is 13.0 Å². The van der Waals surface area contributed by atoms with Gasteiger partial charge in [0.1, 0.15) is 0 Å². The van der Waals surface area contributed by atoms with Gasteiger partial charge in [0.2, 0.25) is 0 Å². The standard InChI is InChI=1S/C18H25N5O3S/c1-21(2)10-6-11-22(16-9-12-27(25,26)14-16)18(24)17-13-19-23(20-17)15-7-4-3-5-8-15/h3-5,7-8,13,16H,6,9-12,14H2,1-2H3. The van der Waals surface area contributed by atoms with E-state index in [1.807, 2.05) is 49.3 Å². The molecule has 2 heterocycles. The molecule has 1 aromatic carbocycles. The van der Waals surface area contributed by atoms with E-state index in [-0.39, 0.29) is 29.1 Å². The molecule has 1 aromatic heterocycles. The molecule has 27 heavy (non-hydrogen) atoms. The van der Waals surface area contributed by atoms with Gasteiger partial charge in [0, 0.05) is 12.6 Å². The van der Waals surface area contributed by atoms with Gasteiger partial charge in [-0.05, 0) is 45.6 Å². The largest absolute Gasteiger partial charge is 0.333 e. The summed E-state index contributed by atoms with van der Waals surface area (Å²) in [6, 6.07) is 9.05. The molecule has 9 heteroatoms. The third-order valence-corrected chi connectivity index (χ3v) is 6.36. The Balaban J connectivity index is 1.79. The molecule has 0 aliphatic carbocycles. The second-order valence-electron chi connectivity index (χ2n) is 7.07. The molecule has 0 saturated carbocycles. The van der Waals surface area contributed by atoms with Crippen molar-refractivity contribution < 1.29 is 13.2 Å². The monoisotopic (exact) mass is 391 g/mol. The first kappa shape index (κ1) is 19.5. The van der Waals surface area contributed by atoms with Crippen molar-refractivity contribution in [2.75, 3.05) is 38.7 Å². The smallest absolute Gasteiger partial charge is 0.276 e. The van der Waals surface area contributed by atoms with Crippen molar-refractivity contribution in [1.82, 2.24) is 24.8 Å². The summed E-state index contributed by atoms with van der Waals surface area (Å²) in [5.41, 5.74) is 0.993. The minimum absolute atomic E-state index is 0.0214. The molecule has 0 bridgehead atoms. The fraction of sp³-hybridized carbons (Fsp3) is 0.500. The van der Waals surface area contributed by atoms with Gasteiger partial charge in [-0.3, -0.25) is 4.79 Å². The number of sulfone groups is 1. The fourth-order valence-electron chi connectivity index (χ4n) is 3.22. The lowest BCUT2D eigenvalue weighted by Gasteiger charge is -2.28. The molecule has 1 aliphatic rings. The summed E-state index contributed by atoms with van der Waals surface area (Å²) >= 11 is 0. The molecule has 1 aliphatic heterocycles. The molecule has 1 saturated heterocycles. The Morgan fingerprint density at radius 1 is 1.22 bits per heavy atom. The summed E-state index contributed by atoms with van der Waals surface area (Å²) in [7, 11) is 0.859. The minimum atomic E-state index is -3.08. The average molecular weight is 391 g/mol. The van der Waals surface area contributed by atoms with Gasteiger partial charge >= 0.3 is 0 Å². The van der Waals surface area contributed by atoms with E-state index in [1.54, 1.807) is 4.90 Å². The van der Waals surface area contributed by atoms with E-state index in [4.69, 9.17) is 0 Å². The number of carbonyl (C=O) groups excluding carboxylic acids is 1. The van der Waals surface area contributed by atoms with Crippen molar-refractivity contribution in [3.63, 3.8) is 0 Å². The maximum atomic E-state index is 13.1. The van der Waals surface area contributed by atoms with Crippen LogP contribution in [0.25, 0.3) is 5.69 Å². The second-order valence-corrected chi connectivity index (χ2v) is 9.30. The number of nitrogens with zero attached hydrogens (tertiary/aromatic N) is 5. The van der Waals surface area contributed by atoms with Crippen molar-refractivity contribution >= 4 is 15.7 Å². The highest BCUT2D eigenvalue weighted by Crippen LogP contribution is 2.20. The van der Waals surface area contributed by atoms with Crippen LogP contribution in [0.15, 0.2) is 36.5 Å². The molecule has 0 spiro atoms. The van der Waals surface area contributed by atoms with Gasteiger partial charge in [-0.15, -0.1) is 5.10 Å². The fourth-order valence-corrected chi connectivity index (χ4v) is 4.95. The first-order chi connectivity index (χ1) is 12.9. The highest BCUT2D eigenvalue weighted by Gasteiger charge is 2.35. The number of benzene rings is 1. The predicted octanol–water partition coefficient (Wildman–Crippen LogP) is 0.848. The van der Waals surface area contributed by atoms with Crippen LogP contribution in [-0.4, -0.2) is 83.9 Å². The maximum absolute atomic E-state index is 13.1. The predicted molar refractivity (Wildman–Crippen MR) is 103 cm³/mol. The number of rotatable bonds is 7. The summed E-state index contributed by atoms with van der Waals surface area (Å²) < 4.78 is 23.8. The first-order valence-electron chi connectivity index (χ1n) is 8.99. The van der Waals surface area contributed by atoms with Gasteiger partial charge < -0.3 is 9.80 Å². The molecule has 3 rings (SSSR count). The Bertz CT molecular complexity index is 879. The molecule has 1 unspecified atom stereocenters. The Labute approximate surface area is 159 Å². The highest BCUT2D eigenvalue weighted by molar-refractivity contribution is 7.91.